The van der Waals surface area contributed by atoms with E-state index >= 15 is 0 Å². The molecular weight excluding hydrogens is 230 g/mol. The highest BCUT2D eigenvalue weighted by Crippen LogP contribution is 2.28. The molecule has 0 aromatic carbocycles. The summed E-state index contributed by atoms with van der Waals surface area (Å²) in [6.07, 6.45) is -2.25. The number of aliphatic hydroxyl groups is 1. The van der Waals surface area contributed by atoms with Crippen molar-refractivity contribution in [2.45, 2.75) is 6.43 Å². The summed E-state index contributed by atoms with van der Waals surface area (Å²) in [5, 5.41) is 9.32. The molecule has 0 radical (unpaired) electrons. The number of ether oxygens (including phenoxy) is 1. The van der Waals surface area contributed by atoms with Crippen molar-refractivity contribution in [3.63, 3.8) is 0 Å². The summed E-state index contributed by atoms with van der Waals surface area (Å²) in [7, 11) is 0. The highest BCUT2D eigenvalue weighted by atomic mass is 19.3. The second kappa shape index (κ2) is 5.56. The molecule has 17 heavy (non-hydrogen) atoms. The molecule has 0 aromatic rings. The minimum absolute atomic E-state index is 0.106. The predicted molar refractivity (Wildman–Crippen MR) is 59.2 cm³/mol. The maximum atomic E-state index is 12.2. The molecule has 2 rings (SSSR count). The zero-order valence-electron chi connectivity index (χ0n) is 9.95. The third kappa shape index (κ3) is 3.34. The van der Waals surface area contributed by atoms with Crippen molar-refractivity contribution < 1.29 is 18.6 Å². The van der Waals surface area contributed by atoms with Crippen LogP contribution in [0.15, 0.2) is 0 Å². The normalized spacial score (nSPS) is 26.1. The largest absolute Gasteiger partial charge is 0.396 e. The lowest BCUT2D eigenvalue weighted by Crippen LogP contribution is -2.57. The van der Waals surface area contributed by atoms with Gasteiger partial charge in [0.15, 0.2) is 0 Å². The van der Waals surface area contributed by atoms with Gasteiger partial charge in [0, 0.05) is 32.7 Å². The number of hydrogen-bond acceptors (Lipinski definition) is 4. The van der Waals surface area contributed by atoms with Crippen LogP contribution < -0.4 is 0 Å². The smallest absolute Gasteiger partial charge is 0.251 e. The molecule has 6 heteroatoms. The van der Waals surface area contributed by atoms with Crippen LogP contribution in [0.25, 0.3) is 0 Å². The Bertz CT molecular complexity index is 236. The van der Waals surface area contributed by atoms with E-state index in [4.69, 9.17) is 4.74 Å². The van der Waals surface area contributed by atoms with E-state index in [1.54, 1.807) is 4.90 Å². The van der Waals surface area contributed by atoms with E-state index in [0.717, 1.165) is 19.6 Å². The van der Waals surface area contributed by atoms with Crippen molar-refractivity contribution >= 4 is 0 Å². The maximum absolute atomic E-state index is 12.2. The topological polar surface area (TPSA) is 35.9 Å². The minimum atomic E-state index is -2.25. The Labute approximate surface area is 100 Å². The highest BCUT2D eigenvalue weighted by molar-refractivity contribution is 4.89. The standard InChI is InChI=1S/C11H20F2N2O2/c12-10(13)5-14-1-3-15(4-2-14)6-11(7-16)8-17-9-11/h10,16H,1-9H2. The van der Waals surface area contributed by atoms with Gasteiger partial charge < -0.3 is 9.84 Å². The fraction of sp³-hybridized carbons (Fsp3) is 1.00. The Morgan fingerprint density at radius 1 is 1.12 bits per heavy atom. The summed E-state index contributed by atoms with van der Waals surface area (Å²) in [5.41, 5.74) is -0.106. The van der Waals surface area contributed by atoms with Gasteiger partial charge in [0.25, 0.3) is 6.43 Å². The number of nitrogens with zero attached hydrogens (tertiary/aromatic N) is 2. The lowest BCUT2D eigenvalue weighted by molar-refractivity contribution is -0.150. The zero-order valence-corrected chi connectivity index (χ0v) is 9.95. The molecule has 4 nitrogen and oxygen atoms in total. The van der Waals surface area contributed by atoms with Crippen molar-refractivity contribution in [3.05, 3.63) is 0 Å². The minimum Gasteiger partial charge on any atom is -0.396 e. The summed E-state index contributed by atoms with van der Waals surface area (Å²) in [5.74, 6) is 0. The van der Waals surface area contributed by atoms with Gasteiger partial charge in [-0.15, -0.1) is 0 Å². The first kappa shape index (κ1) is 13.1. The van der Waals surface area contributed by atoms with E-state index in [9.17, 15) is 13.9 Å². The molecule has 0 amide bonds. The zero-order chi connectivity index (χ0) is 12.3. The average molecular weight is 250 g/mol. The first-order valence-corrected chi connectivity index (χ1v) is 6.05. The second-order valence-corrected chi connectivity index (χ2v) is 5.12. The Hall–Kier alpha value is -0.300. The number of piperazine rings is 1. The van der Waals surface area contributed by atoms with Crippen LogP contribution in [-0.4, -0.2) is 80.4 Å². The molecular formula is C11H20F2N2O2. The Kier molecular flexibility index (Phi) is 4.30. The van der Waals surface area contributed by atoms with E-state index < -0.39 is 6.43 Å². The van der Waals surface area contributed by atoms with Crippen molar-refractivity contribution in [1.29, 1.82) is 0 Å². The summed E-state index contributed by atoms with van der Waals surface area (Å²) < 4.78 is 29.6. The van der Waals surface area contributed by atoms with Crippen LogP contribution >= 0.6 is 0 Å². The predicted octanol–water partition coefficient (Wildman–Crippen LogP) is -0.122. The highest BCUT2D eigenvalue weighted by Gasteiger charge is 2.40. The Morgan fingerprint density at radius 2 is 1.71 bits per heavy atom. The molecule has 0 atom stereocenters. The number of rotatable bonds is 5. The third-order valence-corrected chi connectivity index (χ3v) is 3.57. The molecule has 0 spiro atoms. The number of alkyl halides is 2. The monoisotopic (exact) mass is 250 g/mol. The molecule has 2 saturated heterocycles. The van der Waals surface area contributed by atoms with Crippen molar-refractivity contribution in [1.82, 2.24) is 9.80 Å². The first-order chi connectivity index (χ1) is 8.13. The molecule has 0 saturated carbocycles. The average Bonchev–Trinajstić information content (AvgIpc) is 2.25. The molecule has 2 heterocycles. The molecule has 2 aliphatic heterocycles. The fourth-order valence-corrected chi connectivity index (χ4v) is 2.42. The van der Waals surface area contributed by atoms with Crippen LogP contribution in [0.1, 0.15) is 0 Å². The first-order valence-electron chi connectivity index (χ1n) is 6.05. The van der Waals surface area contributed by atoms with E-state index in [-0.39, 0.29) is 18.6 Å². The Balaban J connectivity index is 1.72. The molecule has 2 aliphatic rings. The van der Waals surface area contributed by atoms with Gasteiger partial charge in [-0.2, -0.15) is 0 Å². The molecule has 0 aliphatic carbocycles. The van der Waals surface area contributed by atoms with Crippen molar-refractivity contribution in [2.24, 2.45) is 5.41 Å². The quantitative estimate of drug-likeness (QED) is 0.738. The summed E-state index contributed by atoms with van der Waals surface area (Å²) in [6.45, 7) is 5.03. The number of halogens is 2. The Morgan fingerprint density at radius 3 is 2.12 bits per heavy atom. The van der Waals surface area contributed by atoms with Crippen LogP contribution in [0.4, 0.5) is 8.78 Å². The lowest BCUT2D eigenvalue weighted by Gasteiger charge is -2.45. The molecule has 2 fully saturated rings. The van der Waals surface area contributed by atoms with Crippen LogP contribution in [0, 0.1) is 5.41 Å². The van der Waals surface area contributed by atoms with Gasteiger partial charge >= 0.3 is 0 Å². The molecule has 0 aromatic heterocycles. The summed E-state index contributed by atoms with van der Waals surface area (Å²) in [4.78, 5) is 4.03. The van der Waals surface area contributed by atoms with Gasteiger partial charge in [0.05, 0.1) is 31.8 Å². The van der Waals surface area contributed by atoms with Crippen LogP contribution in [0.2, 0.25) is 0 Å². The van der Waals surface area contributed by atoms with Crippen molar-refractivity contribution in [2.75, 3.05) is 59.1 Å². The second-order valence-electron chi connectivity index (χ2n) is 5.12. The summed E-state index contributed by atoms with van der Waals surface area (Å²) in [6, 6.07) is 0. The SMILES string of the molecule is OCC1(CN2CCN(CC(F)F)CC2)COC1. The van der Waals surface area contributed by atoms with Gasteiger partial charge in [0.2, 0.25) is 0 Å². The molecule has 0 bridgehead atoms. The number of aliphatic hydroxyl groups excluding tert-OH is 1. The third-order valence-electron chi connectivity index (χ3n) is 3.57. The van der Waals surface area contributed by atoms with Crippen LogP contribution in [0.5, 0.6) is 0 Å². The van der Waals surface area contributed by atoms with Gasteiger partial charge in [-0.05, 0) is 0 Å². The van der Waals surface area contributed by atoms with E-state index in [1.165, 1.54) is 0 Å². The fourth-order valence-electron chi connectivity index (χ4n) is 2.42. The molecule has 1 N–H and O–H groups in total. The van der Waals surface area contributed by atoms with E-state index in [2.05, 4.69) is 4.90 Å². The van der Waals surface area contributed by atoms with Gasteiger partial charge in [-0.1, -0.05) is 0 Å². The lowest BCUT2D eigenvalue weighted by atomic mass is 9.86. The summed E-state index contributed by atoms with van der Waals surface area (Å²) >= 11 is 0. The van der Waals surface area contributed by atoms with Crippen LogP contribution in [0.3, 0.4) is 0 Å². The maximum Gasteiger partial charge on any atom is 0.251 e. The van der Waals surface area contributed by atoms with Gasteiger partial charge in [-0.25, -0.2) is 8.78 Å². The van der Waals surface area contributed by atoms with E-state index in [0.29, 0.717) is 26.3 Å². The molecule has 100 valence electrons. The van der Waals surface area contributed by atoms with E-state index in [1.807, 2.05) is 0 Å². The van der Waals surface area contributed by atoms with Gasteiger partial charge in [-0.3, -0.25) is 9.80 Å². The van der Waals surface area contributed by atoms with Gasteiger partial charge in [0.1, 0.15) is 0 Å². The molecule has 0 unspecified atom stereocenters. The van der Waals surface area contributed by atoms with Crippen LogP contribution in [-0.2, 0) is 4.74 Å². The number of hydrogen-bond donors (Lipinski definition) is 1. The van der Waals surface area contributed by atoms with Crippen molar-refractivity contribution in [3.8, 4) is 0 Å².